The minimum absolute atomic E-state index is 0.0688. The van der Waals surface area contributed by atoms with Gasteiger partial charge in [-0.15, -0.1) is 0 Å². The van der Waals surface area contributed by atoms with Crippen LogP contribution in [0.1, 0.15) is 6.92 Å². The van der Waals surface area contributed by atoms with Crippen molar-refractivity contribution in [2.45, 2.75) is 6.92 Å². The van der Waals surface area contributed by atoms with Crippen LogP contribution >= 0.6 is 0 Å². The molecule has 48 heavy (non-hydrogen) atoms. The third-order valence-corrected chi connectivity index (χ3v) is 6.32. The lowest BCUT2D eigenvalue weighted by atomic mass is 10.4. The van der Waals surface area contributed by atoms with Crippen molar-refractivity contribution in [1.82, 2.24) is 51.1 Å². The topological polar surface area (TPSA) is 273 Å². The van der Waals surface area contributed by atoms with Crippen LogP contribution in [0.15, 0.2) is 0 Å². The second kappa shape index (κ2) is 22.2. The molecule has 0 radical (unpaired) electrons. The molecular weight excluding hydrogens is 638 g/mol. The third kappa shape index (κ3) is 18.6. The molecule has 0 aliphatic carbocycles. The predicted octanol–water partition coefficient (Wildman–Crippen LogP) is -7.16. The smallest absolute Gasteiger partial charge is 0.242 e. The highest BCUT2D eigenvalue weighted by Gasteiger charge is 2.20. The van der Waals surface area contributed by atoms with Gasteiger partial charge in [0.15, 0.2) is 0 Å². The van der Waals surface area contributed by atoms with Crippen LogP contribution in [0.2, 0.25) is 0 Å². The van der Waals surface area contributed by atoms with Crippen molar-refractivity contribution in [3.63, 3.8) is 0 Å². The van der Waals surface area contributed by atoms with Gasteiger partial charge >= 0.3 is 0 Å². The Morgan fingerprint density at radius 1 is 0.417 bits per heavy atom. The lowest BCUT2D eigenvalue weighted by Crippen LogP contribution is -2.48. The van der Waals surface area contributed by atoms with Gasteiger partial charge in [0.05, 0.1) is 65.4 Å². The number of likely N-dealkylation sites (N-methyl/N-ethyl adjacent to an activating group) is 6. The lowest BCUT2D eigenvalue weighted by molar-refractivity contribution is -0.138. The van der Waals surface area contributed by atoms with E-state index in [4.69, 9.17) is 5.73 Å². The fraction of sp³-hybridized carbons (Fsp3) is 0.630. The van der Waals surface area contributed by atoms with E-state index in [0.717, 1.165) is 19.6 Å². The molecule has 0 saturated heterocycles. The average molecular weight is 686 g/mol. The summed E-state index contributed by atoms with van der Waals surface area (Å²) in [5.41, 5.74) is 5.00. The molecule has 0 aliphatic rings. The van der Waals surface area contributed by atoms with Gasteiger partial charge in [-0.2, -0.15) is 0 Å². The molecule has 0 unspecified atom stereocenters. The van der Waals surface area contributed by atoms with Gasteiger partial charge in [-0.25, -0.2) is 0 Å². The van der Waals surface area contributed by atoms with Crippen LogP contribution < -0.4 is 32.3 Å². The Balaban J connectivity index is 4.41. The van der Waals surface area contributed by atoms with E-state index < -0.39 is 99.0 Å². The Morgan fingerprint density at radius 2 is 0.646 bits per heavy atom. The molecule has 7 N–H and O–H groups in total. The molecule has 0 fully saturated rings. The molecule has 0 rings (SSSR count). The van der Waals surface area contributed by atoms with Gasteiger partial charge in [0.2, 0.25) is 59.1 Å². The van der Waals surface area contributed by atoms with Crippen LogP contribution in [0.25, 0.3) is 0 Å². The van der Waals surface area contributed by atoms with Crippen LogP contribution in [0.5, 0.6) is 0 Å². The maximum absolute atomic E-state index is 12.3. The van der Waals surface area contributed by atoms with Crippen molar-refractivity contribution >= 4 is 59.1 Å². The SMILES string of the molecule is CCNCC(=O)N(C)CC(=O)NCC(=O)N(C)CC(=O)NCC(=O)N(C)CC(=O)NCC(=O)N(C)CC(=O)NCC(=O)N(C)CC(N)=O. The number of amides is 10. The first-order valence-corrected chi connectivity index (χ1v) is 14.6. The van der Waals surface area contributed by atoms with Gasteiger partial charge in [-0.3, -0.25) is 47.9 Å². The van der Waals surface area contributed by atoms with Crippen LogP contribution in [-0.4, -0.2) is 191 Å². The minimum Gasteiger partial charge on any atom is -0.368 e. The molecular formula is C27H47N11O10. The highest BCUT2D eigenvalue weighted by atomic mass is 16.2. The first-order chi connectivity index (χ1) is 22.4. The molecule has 0 atom stereocenters. The molecule has 0 spiro atoms. The van der Waals surface area contributed by atoms with Crippen LogP contribution in [0, 0.1) is 0 Å². The normalized spacial score (nSPS) is 10.1. The summed E-state index contributed by atoms with van der Waals surface area (Å²) < 4.78 is 0. The summed E-state index contributed by atoms with van der Waals surface area (Å²) in [6.07, 6.45) is 0. The first kappa shape index (κ1) is 42.7. The molecule has 0 heterocycles. The summed E-state index contributed by atoms with van der Waals surface area (Å²) in [5.74, 6) is -6.10. The summed E-state index contributed by atoms with van der Waals surface area (Å²) >= 11 is 0. The van der Waals surface area contributed by atoms with Crippen molar-refractivity contribution in [1.29, 1.82) is 0 Å². The van der Waals surface area contributed by atoms with Gasteiger partial charge in [-0.1, -0.05) is 6.92 Å². The summed E-state index contributed by atoms with van der Waals surface area (Å²) in [7, 11) is 6.68. The largest absolute Gasteiger partial charge is 0.368 e. The zero-order valence-electron chi connectivity index (χ0n) is 28.2. The van der Waals surface area contributed by atoms with Crippen LogP contribution in [0.3, 0.4) is 0 Å². The van der Waals surface area contributed by atoms with Gasteiger partial charge in [-0.05, 0) is 6.54 Å². The number of carbonyl (C=O) groups excluding carboxylic acids is 10. The maximum atomic E-state index is 12.3. The molecule has 270 valence electrons. The summed E-state index contributed by atoms with van der Waals surface area (Å²) in [6.45, 7) is -1.23. The third-order valence-electron chi connectivity index (χ3n) is 6.32. The monoisotopic (exact) mass is 685 g/mol. The molecule has 0 aromatic heterocycles. The van der Waals surface area contributed by atoms with E-state index in [9.17, 15) is 47.9 Å². The molecule has 0 saturated carbocycles. The number of nitrogens with zero attached hydrogens (tertiary/aromatic N) is 5. The molecule has 21 nitrogen and oxygen atoms in total. The molecule has 0 aliphatic heterocycles. The fourth-order valence-electron chi connectivity index (χ4n) is 3.36. The molecule has 21 heteroatoms. The Bertz CT molecular complexity index is 1210. The standard InChI is InChI=1S/C27H47N11O10/c1-7-29-8-23(44)35(3)14-19(40)31-10-25(46)37(5)16-21(42)33-12-27(48)38(6)17-22(43)32-11-26(47)36(4)15-20(41)30-9-24(45)34(2)13-18(28)39/h29H,7-17H2,1-6H3,(H2,28,39)(H,30,41)(H,31,40)(H,32,43)(H,33,42). The van der Waals surface area contributed by atoms with Crippen molar-refractivity contribution in [2.75, 3.05) is 107 Å². The van der Waals surface area contributed by atoms with E-state index in [1.54, 1.807) is 0 Å². The van der Waals surface area contributed by atoms with Crippen molar-refractivity contribution in [3.8, 4) is 0 Å². The second-order valence-electron chi connectivity index (χ2n) is 10.6. The summed E-state index contributed by atoms with van der Waals surface area (Å²) in [5, 5.41) is 12.1. The number of hydrogen-bond donors (Lipinski definition) is 6. The Labute approximate surface area is 278 Å². The zero-order chi connectivity index (χ0) is 37.0. The van der Waals surface area contributed by atoms with Gasteiger partial charge in [0, 0.05) is 35.2 Å². The van der Waals surface area contributed by atoms with Crippen LogP contribution in [-0.2, 0) is 47.9 Å². The van der Waals surface area contributed by atoms with Crippen molar-refractivity contribution in [2.24, 2.45) is 5.73 Å². The molecule has 0 aromatic rings. The summed E-state index contributed by atoms with van der Waals surface area (Å²) in [6, 6.07) is 0. The number of nitrogens with one attached hydrogen (secondary N) is 5. The number of carbonyl (C=O) groups is 10. The highest BCUT2D eigenvalue weighted by Crippen LogP contribution is 1.90. The van der Waals surface area contributed by atoms with Crippen molar-refractivity contribution < 1.29 is 47.9 Å². The van der Waals surface area contributed by atoms with E-state index in [0.29, 0.717) is 6.54 Å². The molecule has 0 aromatic carbocycles. The maximum Gasteiger partial charge on any atom is 0.242 e. The Kier molecular flexibility index (Phi) is 19.8. The summed E-state index contributed by atoms with van der Waals surface area (Å²) in [4.78, 5) is 125. The van der Waals surface area contributed by atoms with E-state index in [1.165, 1.54) is 40.1 Å². The zero-order valence-corrected chi connectivity index (χ0v) is 28.2. The van der Waals surface area contributed by atoms with E-state index in [-0.39, 0.29) is 25.5 Å². The van der Waals surface area contributed by atoms with Gasteiger partial charge in [0.1, 0.15) is 0 Å². The number of rotatable bonds is 21. The second-order valence-corrected chi connectivity index (χ2v) is 10.6. The van der Waals surface area contributed by atoms with Crippen molar-refractivity contribution in [3.05, 3.63) is 0 Å². The fourth-order valence-corrected chi connectivity index (χ4v) is 3.36. The minimum atomic E-state index is -0.724. The van der Waals surface area contributed by atoms with E-state index in [1.807, 2.05) is 6.92 Å². The predicted molar refractivity (Wildman–Crippen MR) is 168 cm³/mol. The molecule has 10 amide bonds. The Hall–Kier alpha value is -5.34. The van der Waals surface area contributed by atoms with Gasteiger partial charge < -0.3 is 56.8 Å². The quantitative estimate of drug-likeness (QED) is 0.0660. The first-order valence-electron chi connectivity index (χ1n) is 14.6. The highest BCUT2D eigenvalue weighted by molar-refractivity contribution is 5.93. The number of nitrogens with two attached hydrogens (primary N) is 1. The average Bonchev–Trinajstić information content (AvgIpc) is 3.01. The van der Waals surface area contributed by atoms with E-state index in [2.05, 4.69) is 26.6 Å². The molecule has 0 bridgehead atoms. The Morgan fingerprint density at radius 3 is 0.875 bits per heavy atom. The van der Waals surface area contributed by atoms with E-state index >= 15 is 0 Å². The van der Waals surface area contributed by atoms with Gasteiger partial charge in [0.25, 0.3) is 0 Å². The number of primary amides is 1. The van der Waals surface area contributed by atoms with Crippen LogP contribution in [0.4, 0.5) is 0 Å². The lowest BCUT2D eigenvalue weighted by Gasteiger charge is -2.20. The number of hydrogen-bond acceptors (Lipinski definition) is 11.